The summed E-state index contributed by atoms with van der Waals surface area (Å²) in [6.07, 6.45) is 0.195. The van der Waals surface area contributed by atoms with Crippen LogP contribution in [0.3, 0.4) is 0 Å². The largest absolute Gasteiger partial charge is 0.277 e. The van der Waals surface area contributed by atoms with Gasteiger partial charge in [-0.3, -0.25) is 10.2 Å². The predicted molar refractivity (Wildman–Crippen MR) is 74.6 cm³/mol. The minimum absolute atomic E-state index is 0.0400. The van der Waals surface area contributed by atoms with Crippen LogP contribution < -0.4 is 10.3 Å². The molecule has 20 heavy (non-hydrogen) atoms. The van der Waals surface area contributed by atoms with Crippen molar-refractivity contribution in [3.05, 3.63) is 16.5 Å². The van der Waals surface area contributed by atoms with Gasteiger partial charge in [0.1, 0.15) is 4.21 Å². The van der Waals surface area contributed by atoms with Crippen LogP contribution in [0.4, 0.5) is 0 Å². The van der Waals surface area contributed by atoms with Gasteiger partial charge < -0.3 is 0 Å². The Hall–Kier alpha value is -0.680. The molecule has 0 aliphatic carbocycles. The second-order valence-corrected chi connectivity index (χ2v) is 10.1. The molecule has 2 heterocycles. The van der Waals surface area contributed by atoms with Gasteiger partial charge >= 0.3 is 0 Å². The molecule has 1 atom stereocenters. The van der Waals surface area contributed by atoms with Gasteiger partial charge in [-0.05, 0) is 18.6 Å². The van der Waals surface area contributed by atoms with E-state index in [-0.39, 0.29) is 22.1 Å². The van der Waals surface area contributed by atoms with Crippen molar-refractivity contribution in [2.45, 2.75) is 10.6 Å². The van der Waals surface area contributed by atoms with E-state index in [9.17, 15) is 21.6 Å². The van der Waals surface area contributed by atoms with Gasteiger partial charge in [0.2, 0.25) is 5.91 Å². The molecule has 1 aliphatic rings. The molecule has 0 saturated carbocycles. The van der Waals surface area contributed by atoms with Crippen molar-refractivity contribution < 1.29 is 21.6 Å². The number of hydrogen-bond acceptors (Lipinski definition) is 6. The molecule has 1 aliphatic heterocycles. The fourth-order valence-electron chi connectivity index (χ4n) is 1.71. The molecule has 0 bridgehead atoms. The highest BCUT2D eigenvalue weighted by atomic mass is 35.5. The highest BCUT2D eigenvalue weighted by Crippen LogP contribution is 2.25. The van der Waals surface area contributed by atoms with Crippen LogP contribution in [0.1, 0.15) is 6.42 Å². The average molecular weight is 359 g/mol. The first kappa shape index (κ1) is 15.7. The maximum absolute atomic E-state index is 11.8. The maximum atomic E-state index is 11.8. The average Bonchev–Trinajstić information content (AvgIpc) is 2.92. The molecule has 0 aromatic carbocycles. The normalized spacial score (nSPS) is 21.8. The van der Waals surface area contributed by atoms with Crippen LogP contribution in [0, 0.1) is 5.92 Å². The molecule has 1 fully saturated rings. The van der Waals surface area contributed by atoms with E-state index in [1.54, 1.807) is 0 Å². The molecule has 2 N–H and O–H groups in total. The van der Waals surface area contributed by atoms with E-state index in [1.165, 1.54) is 12.1 Å². The van der Waals surface area contributed by atoms with Crippen molar-refractivity contribution in [1.29, 1.82) is 0 Å². The molecule has 1 aromatic rings. The first-order chi connectivity index (χ1) is 9.20. The molecule has 7 nitrogen and oxygen atoms in total. The van der Waals surface area contributed by atoms with Gasteiger partial charge in [0.15, 0.2) is 9.84 Å². The van der Waals surface area contributed by atoms with Crippen molar-refractivity contribution in [2.75, 3.05) is 11.5 Å². The molecule has 0 spiro atoms. The summed E-state index contributed by atoms with van der Waals surface area (Å²) in [5.41, 5.74) is 2.03. The van der Waals surface area contributed by atoms with E-state index >= 15 is 0 Å². The first-order valence-corrected chi connectivity index (χ1v) is 9.97. The SMILES string of the molecule is O=C(NNS(=O)(=O)c1ccc(Cl)s1)[C@H]1CCS(=O)(=O)C1. The van der Waals surface area contributed by atoms with Crippen LogP contribution in [0.25, 0.3) is 0 Å². The standard InChI is InChI=1S/C9H11ClN2O5S3/c10-7-1-2-8(18-7)20(16,17)12-11-9(13)6-3-4-19(14,15)5-6/h1-2,6,12H,3-5H2,(H,11,13)/t6-/m0/s1. The number of amides is 1. The fourth-order valence-corrected chi connectivity index (χ4v) is 5.79. The van der Waals surface area contributed by atoms with E-state index in [1.807, 2.05) is 10.3 Å². The molecule has 1 aromatic heterocycles. The molecular formula is C9H11ClN2O5S3. The topological polar surface area (TPSA) is 109 Å². The predicted octanol–water partition coefficient (Wildman–Crippen LogP) is 0.146. The summed E-state index contributed by atoms with van der Waals surface area (Å²) in [5.74, 6) is -1.70. The Morgan fingerprint density at radius 3 is 2.60 bits per heavy atom. The van der Waals surface area contributed by atoms with Gasteiger partial charge in [0.05, 0.1) is 21.8 Å². The van der Waals surface area contributed by atoms with Crippen molar-refractivity contribution in [2.24, 2.45) is 5.92 Å². The quantitative estimate of drug-likeness (QED) is 0.744. The van der Waals surface area contributed by atoms with Crippen LogP contribution in [0.2, 0.25) is 4.34 Å². The van der Waals surface area contributed by atoms with Gasteiger partial charge in [-0.25, -0.2) is 16.8 Å². The number of hydrogen-bond donors (Lipinski definition) is 2. The van der Waals surface area contributed by atoms with E-state index in [4.69, 9.17) is 11.6 Å². The molecule has 1 saturated heterocycles. The number of sulfonamides is 1. The Labute approximate surface area is 125 Å². The zero-order valence-corrected chi connectivity index (χ0v) is 13.2. The number of carbonyl (C=O) groups is 1. The zero-order chi connectivity index (χ0) is 15.0. The Balaban J connectivity index is 1.97. The smallest absolute Gasteiger partial charge is 0.266 e. The van der Waals surface area contributed by atoms with E-state index < -0.39 is 31.7 Å². The number of hydrazine groups is 1. The second kappa shape index (κ2) is 5.60. The second-order valence-electron chi connectivity index (χ2n) is 4.25. The van der Waals surface area contributed by atoms with E-state index in [0.717, 1.165) is 11.3 Å². The van der Waals surface area contributed by atoms with Crippen LogP contribution in [-0.2, 0) is 24.7 Å². The number of nitrogens with one attached hydrogen (secondary N) is 2. The summed E-state index contributed by atoms with van der Waals surface area (Å²) in [4.78, 5) is 13.6. The third kappa shape index (κ3) is 3.70. The Morgan fingerprint density at radius 2 is 2.10 bits per heavy atom. The molecule has 0 radical (unpaired) electrons. The summed E-state index contributed by atoms with van der Waals surface area (Å²) in [5, 5.41) is 0. The van der Waals surface area contributed by atoms with Crippen molar-refractivity contribution in [3.63, 3.8) is 0 Å². The summed E-state index contributed by atoms with van der Waals surface area (Å²) >= 11 is 6.48. The summed E-state index contributed by atoms with van der Waals surface area (Å²) < 4.78 is 46.3. The highest BCUT2D eigenvalue weighted by molar-refractivity contribution is 7.92. The van der Waals surface area contributed by atoms with Crippen molar-refractivity contribution in [1.82, 2.24) is 10.3 Å². The van der Waals surface area contributed by atoms with Crippen LogP contribution in [0.5, 0.6) is 0 Å². The van der Waals surface area contributed by atoms with Crippen LogP contribution in [0.15, 0.2) is 16.3 Å². The molecule has 112 valence electrons. The van der Waals surface area contributed by atoms with Crippen molar-refractivity contribution >= 4 is 48.7 Å². The lowest BCUT2D eigenvalue weighted by molar-refractivity contribution is -0.124. The summed E-state index contributed by atoms with van der Waals surface area (Å²) in [7, 11) is -7.09. The third-order valence-electron chi connectivity index (χ3n) is 2.73. The molecular weight excluding hydrogens is 348 g/mol. The zero-order valence-electron chi connectivity index (χ0n) is 10.00. The Morgan fingerprint density at radius 1 is 1.40 bits per heavy atom. The molecule has 11 heteroatoms. The maximum Gasteiger partial charge on any atom is 0.266 e. The summed E-state index contributed by atoms with van der Waals surface area (Å²) in [6, 6.07) is 2.73. The van der Waals surface area contributed by atoms with Crippen LogP contribution >= 0.6 is 22.9 Å². The Bertz CT molecular complexity index is 725. The number of carbonyl (C=O) groups excluding carboxylic acids is 1. The minimum atomic E-state index is -3.89. The highest BCUT2D eigenvalue weighted by Gasteiger charge is 2.33. The number of thiophene rings is 1. The third-order valence-corrected chi connectivity index (χ3v) is 7.46. The van der Waals surface area contributed by atoms with Gasteiger partial charge in [0, 0.05) is 0 Å². The van der Waals surface area contributed by atoms with Gasteiger partial charge in [0.25, 0.3) is 10.0 Å². The van der Waals surface area contributed by atoms with E-state index in [2.05, 4.69) is 0 Å². The van der Waals surface area contributed by atoms with Gasteiger partial charge in [-0.2, -0.15) is 0 Å². The first-order valence-electron chi connectivity index (χ1n) is 5.47. The minimum Gasteiger partial charge on any atom is -0.277 e. The molecule has 2 rings (SSSR count). The lowest BCUT2D eigenvalue weighted by Gasteiger charge is -2.10. The fraction of sp³-hybridized carbons (Fsp3) is 0.444. The summed E-state index contributed by atoms with van der Waals surface area (Å²) in [6.45, 7) is 0. The van der Waals surface area contributed by atoms with E-state index in [0.29, 0.717) is 4.34 Å². The van der Waals surface area contributed by atoms with Crippen LogP contribution in [-0.4, -0.2) is 34.2 Å². The monoisotopic (exact) mass is 358 g/mol. The number of sulfone groups is 1. The lowest BCUT2D eigenvalue weighted by atomic mass is 10.1. The van der Waals surface area contributed by atoms with Gasteiger partial charge in [-0.1, -0.05) is 11.6 Å². The molecule has 0 unspecified atom stereocenters. The molecule has 1 amide bonds. The van der Waals surface area contributed by atoms with Gasteiger partial charge in [-0.15, -0.1) is 16.2 Å². The Kier molecular flexibility index (Phi) is 4.40. The van der Waals surface area contributed by atoms with Crippen molar-refractivity contribution in [3.8, 4) is 0 Å². The number of rotatable bonds is 4. The number of halogens is 1. The lowest BCUT2D eigenvalue weighted by Crippen LogP contribution is -2.44.